The predicted molar refractivity (Wildman–Crippen MR) is 216 cm³/mol. The zero-order valence-electron chi connectivity index (χ0n) is 36.2. The van der Waals surface area contributed by atoms with Crippen LogP contribution in [0.1, 0.15) is 100.0 Å². The number of likely N-dealkylation sites (tertiary alicyclic amines) is 1. The lowest BCUT2D eigenvalue weighted by atomic mass is 9.90. The molecular weight excluding hydrogens is 690 g/mol. The van der Waals surface area contributed by atoms with Gasteiger partial charge in [0.15, 0.2) is 0 Å². The van der Waals surface area contributed by atoms with Crippen LogP contribution in [0.15, 0.2) is 30.3 Å². The molecular formula is C41H75N5O8. The van der Waals surface area contributed by atoms with Gasteiger partial charge in [-0.3, -0.25) is 28.9 Å². The van der Waals surface area contributed by atoms with Crippen LogP contribution < -0.4 is 10.6 Å². The molecule has 13 nitrogen and oxygen atoms in total. The normalized spacial score (nSPS) is 16.4. The van der Waals surface area contributed by atoms with Crippen LogP contribution in [-0.2, 0) is 33.4 Å². The summed E-state index contributed by atoms with van der Waals surface area (Å²) in [7, 11) is 8.24. The summed E-state index contributed by atoms with van der Waals surface area (Å²) >= 11 is 0. The predicted octanol–water partition coefficient (Wildman–Crippen LogP) is 5.00. The topological polar surface area (TPSA) is 158 Å². The first-order valence-corrected chi connectivity index (χ1v) is 19.4. The number of ether oxygens (including phenoxy) is 2. The van der Waals surface area contributed by atoms with Crippen molar-refractivity contribution in [3.8, 4) is 0 Å². The lowest BCUT2D eigenvalue weighted by Gasteiger charge is -2.39. The van der Waals surface area contributed by atoms with Crippen LogP contribution in [0.25, 0.3) is 0 Å². The molecule has 6 atom stereocenters. The molecule has 1 heterocycles. The number of aryl methyl sites for hydroxylation is 1. The van der Waals surface area contributed by atoms with Gasteiger partial charge >= 0.3 is 5.97 Å². The summed E-state index contributed by atoms with van der Waals surface area (Å²) < 4.78 is 11.5. The molecule has 4 amide bonds. The summed E-state index contributed by atoms with van der Waals surface area (Å²) in [6.45, 7) is 19.3. The molecule has 1 saturated heterocycles. The van der Waals surface area contributed by atoms with Crippen LogP contribution in [0, 0.1) is 18.8 Å². The van der Waals surface area contributed by atoms with E-state index in [4.69, 9.17) is 14.6 Å². The third-order valence-corrected chi connectivity index (χ3v) is 9.73. The quantitative estimate of drug-likeness (QED) is 0.199. The number of rotatable bonds is 17. The van der Waals surface area contributed by atoms with Gasteiger partial charge in [-0.05, 0) is 53.6 Å². The summed E-state index contributed by atoms with van der Waals surface area (Å²) in [5.41, 5.74) is 0.527. The number of carboxylic acids is 1. The molecule has 6 unspecified atom stereocenters. The Morgan fingerprint density at radius 3 is 1.93 bits per heavy atom. The summed E-state index contributed by atoms with van der Waals surface area (Å²) in [6.07, 6.45) is 2.11. The molecule has 54 heavy (non-hydrogen) atoms. The minimum Gasteiger partial charge on any atom is -0.480 e. The van der Waals surface area contributed by atoms with E-state index < -0.39 is 48.1 Å². The standard InChI is InChI=1S/C29H53N5O8.C7H8.C3H8.C2H6/c1-11-18(2)25(33(8)23(36)16-31-28(40)29(4,5)32(6)7)21(41-9)15-22(35)34-14-12-13-20(34)26(42-10)19(3)27(39)30-17-24(37)38;1-7-5-3-2-4-6-7;1-3-2;1-2/h18-21,25-26H,11-17H2,1-10H3,(H,30,39)(H,31,40)(H,37,38);2-6H,1H3;3H2,1-2H3;1-2H3. The third-order valence-electron chi connectivity index (χ3n) is 9.73. The molecule has 13 heteroatoms. The number of hydrogen-bond acceptors (Lipinski definition) is 8. The Morgan fingerprint density at radius 2 is 1.50 bits per heavy atom. The smallest absolute Gasteiger partial charge is 0.322 e. The number of nitrogens with zero attached hydrogens (tertiary/aromatic N) is 3. The highest BCUT2D eigenvalue weighted by Crippen LogP contribution is 2.29. The molecule has 1 aliphatic rings. The second-order valence-electron chi connectivity index (χ2n) is 14.3. The van der Waals surface area contributed by atoms with Gasteiger partial charge in [-0.15, -0.1) is 0 Å². The maximum atomic E-state index is 13.7. The van der Waals surface area contributed by atoms with Crippen LogP contribution >= 0.6 is 0 Å². The third kappa shape index (κ3) is 17.7. The first kappa shape index (κ1) is 52.6. The Bertz CT molecular complexity index is 1230. The van der Waals surface area contributed by atoms with Gasteiger partial charge in [0, 0.05) is 27.8 Å². The van der Waals surface area contributed by atoms with E-state index in [0.717, 1.165) is 12.8 Å². The molecule has 0 bridgehead atoms. The van der Waals surface area contributed by atoms with Gasteiger partial charge in [0.25, 0.3) is 0 Å². The maximum Gasteiger partial charge on any atom is 0.322 e. The number of carbonyl (C=O) groups is 5. The van der Waals surface area contributed by atoms with Crippen molar-refractivity contribution in [2.75, 3.05) is 55.0 Å². The fraction of sp³-hybridized carbons (Fsp3) is 0.732. The van der Waals surface area contributed by atoms with E-state index in [1.54, 1.807) is 56.6 Å². The highest BCUT2D eigenvalue weighted by Gasteiger charge is 2.42. The maximum absolute atomic E-state index is 13.7. The van der Waals surface area contributed by atoms with Gasteiger partial charge in [-0.25, -0.2) is 0 Å². The Morgan fingerprint density at radius 1 is 0.944 bits per heavy atom. The van der Waals surface area contributed by atoms with Crippen molar-refractivity contribution in [3.63, 3.8) is 0 Å². The lowest BCUT2D eigenvalue weighted by molar-refractivity contribution is -0.146. The number of nitrogens with one attached hydrogen (secondary N) is 2. The van der Waals surface area contributed by atoms with E-state index in [1.165, 1.54) is 26.2 Å². The number of amides is 4. The number of carboxylic acid groups (broad SMARTS) is 1. The highest BCUT2D eigenvalue weighted by atomic mass is 16.5. The molecule has 1 fully saturated rings. The van der Waals surface area contributed by atoms with E-state index in [-0.39, 0.29) is 42.6 Å². The summed E-state index contributed by atoms with van der Waals surface area (Å²) in [5.74, 6) is -3.05. The lowest BCUT2D eigenvalue weighted by Crippen LogP contribution is -2.56. The largest absolute Gasteiger partial charge is 0.480 e. The monoisotopic (exact) mass is 766 g/mol. The van der Waals surface area contributed by atoms with E-state index in [9.17, 15) is 24.0 Å². The van der Waals surface area contributed by atoms with E-state index >= 15 is 0 Å². The second-order valence-corrected chi connectivity index (χ2v) is 14.3. The Balaban J connectivity index is 0. The molecule has 0 radical (unpaired) electrons. The minimum atomic E-state index is -1.15. The van der Waals surface area contributed by atoms with Crippen molar-refractivity contribution in [2.45, 2.75) is 131 Å². The van der Waals surface area contributed by atoms with E-state index in [1.807, 2.05) is 45.9 Å². The van der Waals surface area contributed by atoms with Crippen molar-refractivity contribution in [1.29, 1.82) is 0 Å². The number of hydrogen-bond donors (Lipinski definition) is 3. The van der Waals surface area contributed by atoms with Gasteiger partial charge in [0.05, 0.1) is 48.7 Å². The van der Waals surface area contributed by atoms with Crippen molar-refractivity contribution in [1.82, 2.24) is 25.3 Å². The van der Waals surface area contributed by atoms with Crippen molar-refractivity contribution in [3.05, 3.63) is 35.9 Å². The second kappa shape index (κ2) is 27.9. The van der Waals surface area contributed by atoms with Gasteiger partial charge in [-0.2, -0.15) is 0 Å². The van der Waals surface area contributed by atoms with E-state index in [0.29, 0.717) is 13.0 Å². The van der Waals surface area contributed by atoms with Crippen molar-refractivity contribution in [2.24, 2.45) is 11.8 Å². The zero-order valence-corrected chi connectivity index (χ0v) is 36.2. The highest BCUT2D eigenvalue weighted by molar-refractivity contribution is 5.89. The number of aliphatic carboxylic acids is 1. The first-order chi connectivity index (χ1) is 25.3. The van der Waals surface area contributed by atoms with Gasteiger partial charge < -0.3 is 35.0 Å². The molecule has 3 N–H and O–H groups in total. The Hall–Kier alpha value is -3.55. The molecule has 0 saturated carbocycles. The molecule has 2 rings (SSSR count). The van der Waals surface area contributed by atoms with Crippen LogP contribution in [-0.4, -0.2) is 134 Å². The molecule has 1 aromatic carbocycles. The number of methoxy groups -OCH3 is 2. The van der Waals surface area contributed by atoms with Gasteiger partial charge in [0.1, 0.15) is 6.54 Å². The molecule has 1 aliphatic heterocycles. The van der Waals surface area contributed by atoms with Crippen LogP contribution in [0.3, 0.4) is 0 Å². The fourth-order valence-electron chi connectivity index (χ4n) is 5.88. The summed E-state index contributed by atoms with van der Waals surface area (Å²) in [6, 6.07) is 9.45. The Labute approximate surface area is 326 Å². The SMILES string of the molecule is CC.CCC.CCC(C)C(C(CC(=O)N1CCCC1C(OC)C(C)C(=O)NCC(=O)O)OC)N(C)C(=O)CNC(=O)C(C)(C)N(C)C.Cc1ccccc1. The molecule has 0 aliphatic carbocycles. The number of benzene rings is 1. The average Bonchev–Trinajstić information content (AvgIpc) is 3.63. The fourth-order valence-corrected chi connectivity index (χ4v) is 5.88. The first-order valence-electron chi connectivity index (χ1n) is 19.4. The molecule has 0 spiro atoms. The summed E-state index contributed by atoms with van der Waals surface area (Å²) in [5, 5.41) is 14.0. The Kier molecular flexibility index (Phi) is 27.2. The number of carbonyl (C=O) groups excluding carboxylic acids is 4. The zero-order chi connectivity index (χ0) is 42.2. The minimum absolute atomic E-state index is 0.00957. The van der Waals surface area contributed by atoms with Gasteiger partial charge in [-0.1, -0.05) is 97.2 Å². The summed E-state index contributed by atoms with van der Waals surface area (Å²) in [4.78, 5) is 68.1. The van der Waals surface area contributed by atoms with Crippen LogP contribution in [0.2, 0.25) is 0 Å². The van der Waals surface area contributed by atoms with Gasteiger partial charge in [0.2, 0.25) is 23.6 Å². The van der Waals surface area contributed by atoms with Crippen LogP contribution in [0.4, 0.5) is 0 Å². The van der Waals surface area contributed by atoms with Crippen molar-refractivity contribution < 1.29 is 38.6 Å². The average molecular weight is 766 g/mol. The molecule has 312 valence electrons. The van der Waals surface area contributed by atoms with Crippen LogP contribution in [0.5, 0.6) is 0 Å². The molecule has 1 aromatic rings. The van der Waals surface area contributed by atoms with Crippen molar-refractivity contribution >= 4 is 29.6 Å². The van der Waals surface area contributed by atoms with E-state index in [2.05, 4.69) is 43.5 Å². The molecule has 0 aromatic heterocycles. The number of likely N-dealkylation sites (N-methyl/N-ethyl adjacent to an activating group) is 2.